The van der Waals surface area contributed by atoms with Crippen LogP contribution >= 0.6 is 11.6 Å². The molecule has 0 N–H and O–H groups in total. The molecule has 0 radical (unpaired) electrons. The highest BCUT2D eigenvalue weighted by Crippen LogP contribution is 2.26. The molecule has 25 heavy (non-hydrogen) atoms. The van der Waals surface area contributed by atoms with Crippen LogP contribution in [0.4, 0.5) is 8.78 Å². The van der Waals surface area contributed by atoms with Crippen molar-refractivity contribution in [3.05, 3.63) is 64.7 Å². The lowest BCUT2D eigenvalue weighted by atomic mass is 10.0. The van der Waals surface area contributed by atoms with Gasteiger partial charge >= 0.3 is 6.61 Å². The second kappa shape index (κ2) is 15.9. The Kier molecular flexibility index (Phi) is 16.3. The van der Waals surface area contributed by atoms with E-state index in [1.807, 2.05) is 78.8 Å². The minimum absolute atomic E-state index is 0.190. The van der Waals surface area contributed by atoms with Crippen molar-refractivity contribution in [1.29, 1.82) is 0 Å². The SMILES string of the molecule is CC.CC.CC(C)c1ccccc1OC(F)F.Cc1ccc(Cl)cc1. The fraction of sp³-hybridized carbons (Fsp3) is 0.429. The summed E-state index contributed by atoms with van der Waals surface area (Å²) in [7, 11) is 0. The number of alkyl halides is 2. The van der Waals surface area contributed by atoms with E-state index in [1.54, 1.807) is 18.2 Å². The number of aryl methyl sites for hydroxylation is 1. The Morgan fingerprint density at radius 1 is 0.840 bits per heavy atom. The van der Waals surface area contributed by atoms with Gasteiger partial charge in [0.1, 0.15) is 5.75 Å². The summed E-state index contributed by atoms with van der Waals surface area (Å²) in [4.78, 5) is 0. The summed E-state index contributed by atoms with van der Waals surface area (Å²) in [6.45, 7) is 11.2. The number of hydrogen-bond donors (Lipinski definition) is 0. The molecule has 0 atom stereocenters. The lowest BCUT2D eigenvalue weighted by molar-refractivity contribution is -0.0505. The lowest BCUT2D eigenvalue weighted by Crippen LogP contribution is -2.04. The topological polar surface area (TPSA) is 9.23 Å². The van der Waals surface area contributed by atoms with Crippen molar-refractivity contribution in [2.75, 3.05) is 0 Å². The van der Waals surface area contributed by atoms with Gasteiger partial charge in [0.15, 0.2) is 0 Å². The Labute approximate surface area is 157 Å². The van der Waals surface area contributed by atoms with Crippen molar-refractivity contribution in [1.82, 2.24) is 0 Å². The van der Waals surface area contributed by atoms with Crippen LogP contribution < -0.4 is 4.74 Å². The number of para-hydroxylation sites is 1. The highest BCUT2D eigenvalue weighted by Gasteiger charge is 2.10. The Bertz CT molecular complexity index is 519. The van der Waals surface area contributed by atoms with E-state index in [0.717, 1.165) is 10.6 Å². The summed E-state index contributed by atoms with van der Waals surface area (Å²) in [6, 6.07) is 14.6. The molecular weight excluding hydrogens is 342 g/mol. The zero-order valence-electron chi connectivity index (χ0n) is 16.3. The molecule has 0 bridgehead atoms. The second-order valence-electron chi connectivity index (χ2n) is 4.87. The first-order valence-corrected chi connectivity index (χ1v) is 9.04. The van der Waals surface area contributed by atoms with E-state index in [0.29, 0.717) is 0 Å². The van der Waals surface area contributed by atoms with Gasteiger partial charge in [-0.3, -0.25) is 0 Å². The normalized spacial score (nSPS) is 9.12. The molecule has 0 aliphatic heterocycles. The molecule has 1 nitrogen and oxygen atoms in total. The highest BCUT2D eigenvalue weighted by atomic mass is 35.5. The highest BCUT2D eigenvalue weighted by molar-refractivity contribution is 6.30. The van der Waals surface area contributed by atoms with E-state index in [9.17, 15) is 8.78 Å². The van der Waals surface area contributed by atoms with E-state index in [1.165, 1.54) is 5.56 Å². The van der Waals surface area contributed by atoms with Crippen LogP contribution in [0.5, 0.6) is 5.75 Å². The lowest BCUT2D eigenvalue weighted by Gasteiger charge is -2.12. The van der Waals surface area contributed by atoms with Crippen LogP contribution in [0.1, 0.15) is 58.6 Å². The van der Waals surface area contributed by atoms with E-state index in [-0.39, 0.29) is 11.7 Å². The van der Waals surface area contributed by atoms with Gasteiger partial charge in [0.05, 0.1) is 0 Å². The molecule has 2 aromatic carbocycles. The number of rotatable bonds is 3. The van der Waals surface area contributed by atoms with Gasteiger partial charge in [-0.25, -0.2) is 0 Å². The Balaban J connectivity index is 0. The Morgan fingerprint density at radius 3 is 1.72 bits per heavy atom. The van der Waals surface area contributed by atoms with Crippen LogP contribution in [0.2, 0.25) is 5.02 Å². The van der Waals surface area contributed by atoms with Crippen LogP contribution in [0.3, 0.4) is 0 Å². The van der Waals surface area contributed by atoms with Gasteiger partial charge < -0.3 is 4.74 Å². The van der Waals surface area contributed by atoms with Gasteiger partial charge in [0.25, 0.3) is 0 Å². The van der Waals surface area contributed by atoms with E-state index >= 15 is 0 Å². The molecule has 0 aliphatic carbocycles. The molecule has 0 aromatic heterocycles. The molecule has 142 valence electrons. The average molecular weight is 373 g/mol. The largest absolute Gasteiger partial charge is 0.435 e. The van der Waals surface area contributed by atoms with Crippen LogP contribution in [0, 0.1) is 6.92 Å². The van der Waals surface area contributed by atoms with Gasteiger partial charge in [0, 0.05) is 5.02 Å². The monoisotopic (exact) mass is 372 g/mol. The third kappa shape index (κ3) is 12.4. The number of hydrogen-bond acceptors (Lipinski definition) is 1. The van der Waals surface area contributed by atoms with Crippen molar-refractivity contribution >= 4 is 11.6 Å². The zero-order chi connectivity index (χ0) is 19.8. The van der Waals surface area contributed by atoms with Crippen molar-refractivity contribution < 1.29 is 13.5 Å². The van der Waals surface area contributed by atoms with E-state index < -0.39 is 6.61 Å². The van der Waals surface area contributed by atoms with Gasteiger partial charge in [0.2, 0.25) is 0 Å². The standard InChI is InChI=1S/C10H12F2O.C7H7Cl.2C2H6/c1-7(2)8-5-3-4-6-9(8)13-10(11)12;1-6-2-4-7(8)5-3-6;2*1-2/h3-7,10H,1-2H3;2-5H,1H3;2*1-2H3. The van der Waals surface area contributed by atoms with Crippen molar-refractivity contribution in [3.63, 3.8) is 0 Å². The summed E-state index contributed by atoms with van der Waals surface area (Å²) >= 11 is 5.61. The maximum atomic E-state index is 11.9. The molecule has 0 unspecified atom stereocenters. The molecule has 4 heteroatoms. The maximum absolute atomic E-state index is 11.9. The number of benzene rings is 2. The summed E-state index contributed by atoms with van der Waals surface area (Å²) in [5.74, 6) is 0.461. The predicted molar refractivity (Wildman–Crippen MR) is 106 cm³/mol. The number of ether oxygens (including phenoxy) is 1. The van der Waals surface area contributed by atoms with Gasteiger partial charge in [-0.05, 0) is 36.6 Å². The molecule has 0 saturated carbocycles. The summed E-state index contributed by atoms with van der Waals surface area (Å²) in [5.41, 5.74) is 2.05. The van der Waals surface area contributed by atoms with Gasteiger partial charge in [-0.2, -0.15) is 8.78 Å². The summed E-state index contributed by atoms with van der Waals surface area (Å²) in [6.07, 6.45) is 0. The Hall–Kier alpha value is -1.61. The Morgan fingerprint density at radius 2 is 1.32 bits per heavy atom. The summed E-state index contributed by atoms with van der Waals surface area (Å²) in [5, 5.41) is 0.801. The first-order valence-electron chi connectivity index (χ1n) is 8.66. The molecule has 0 heterocycles. The fourth-order valence-corrected chi connectivity index (χ4v) is 1.82. The first-order chi connectivity index (χ1) is 11.9. The quantitative estimate of drug-likeness (QED) is 0.528. The maximum Gasteiger partial charge on any atom is 0.387 e. The third-order valence-electron chi connectivity index (χ3n) is 2.77. The second-order valence-corrected chi connectivity index (χ2v) is 5.30. The molecule has 2 rings (SSSR count). The first kappa shape index (κ1) is 25.6. The van der Waals surface area contributed by atoms with E-state index in [2.05, 4.69) is 4.74 Å². The van der Waals surface area contributed by atoms with Gasteiger partial charge in [-0.15, -0.1) is 0 Å². The van der Waals surface area contributed by atoms with Crippen molar-refractivity contribution in [3.8, 4) is 5.75 Å². The van der Waals surface area contributed by atoms with Crippen LogP contribution in [0.25, 0.3) is 0 Å². The molecule has 0 fully saturated rings. The summed E-state index contributed by atoms with van der Waals surface area (Å²) < 4.78 is 28.3. The van der Waals surface area contributed by atoms with Crippen molar-refractivity contribution in [2.24, 2.45) is 0 Å². The zero-order valence-corrected chi connectivity index (χ0v) is 17.1. The fourth-order valence-electron chi connectivity index (χ4n) is 1.69. The molecule has 0 aliphatic rings. The molecule has 0 saturated heterocycles. The molecule has 0 amide bonds. The van der Waals surface area contributed by atoms with Gasteiger partial charge in [-0.1, -0.05) is 89.0 Å². The molecule has 2 aromatic rings. The van der Waals surface area contributed by atoms with Crippen LogP contribution in [0.15, 0.2) is 48.5 Å². The molecule has 0 spiro atoms. The van der Waals surface area contributed by atoms with Crippen LogP contribution in [-0.2, 0) is 0 Å². The predicted octanol–water partition coefficient (Wildman–Crippen LogP) is 8.11. The smallest absolute Gasteiger partial charge is 0.387 e. The minimum Gasteiger partial charge on any atom is -0.435 e. The third-order valence-corrected chi connectivity index (χ3v) is 3.02. The average Bonchev–Trinajstić information content (AvgIpc) is 2.61. The minimum atomic E-state index is -2.75. The van der Waals surface area contributed by atoms with Crippen molar-refractivity contribution in [2.45, 2.75) is 61.0 Å². The van der Waals surface area contributed by atoms with Crippen LogP contribution in [-0.4, -0.2) is 6.61 Å². The number of halogens is 3. The molecular formula is C21H31ClF2O. The van der Waals surface area contributed by atoms with E-state index in [4.69, 9.17) is 11.6 Å².